The van der Waals surface area contributed by atoms with E-state index in [2.05, 4.69) is 13.2 Å². The van der Waals surface area contributed by atoms with Gasteiger partial charge in [0.2, 0.25) is 11.7 Å². The molecule has 4 atom stereocenters. The van der Waals surface area contributed by atoms with Crippen molar-refractivity contribution >= 4 is 11.9 Å². The lowest BCUT2D eigenvalue weighted by molar-refractivity contribution is -0.161. The molecule has 0 radical (unpaired) electrons. The Morgan fingerprint density at radius 3 is 2.32 bits per heavy atom. The van der Waals surface area contributed by atoms with Crippen LogP contribution in [0.4, 0.5) is 0 Å². The summed E-state index contributed by atoms with van der Waals surface area (Å²) in [5.74, 6) is 0.809. The van der Waals surface area contributed by atoms with E-state index in [1.165, 1.54) is 6.42 Å². The van der Waals surface area contributed by atoms with E-state index in [1.807, 2.05) is 26.0 Å². The third-order valence-corrected chi connectivity index (χ3v) is 8.00. The molecule has 0 unspecified atom stereocenters. The van der Waals surface area contributed by atoms with Crippen molar-refractivity contribution in [3.8, 4) is 17.2 Å². The number of hydrogen-bond donors (Lipinski definition) is 0. The number of nitrogens with zero attached hydrogens (tertiary/aromatic N) is 1. The number of piperidine rings is 1. The van der Waals surface area contributed by atoms with E-state index in [9.17, 15) is 9.59 Å². The van der Waals surface area contributed by atoms with Gasteiger partial charge in [0.1, 0.15) is 18.2 Å². The van der Waals surface area contributed by atoms with Crippen LogP contribution in [0.15, 0.2) is 37.4 Å². The minimum absolute atomic E-state index is 0.0320. The molecule has 41 heavy (non-hydrogen) atoms. The average molecular weight is 572 g/mol. The van der Waals surface area contributed by atoms with Crippen LogP contribution in [-0.2, 0) is 19.1 Å². The van der Waals surface area contributed by atoms with Gasteiger partial charge in [0.15, 0.2) is 11.5 Å². The highest BCUT2D eigenvalue weighted by molar-refractivity contribution is 5.89. The van der Waals surface area contributed by atoms with E-state index in [1.54, 1.807) is 31.3 Å². The largest absolute Gasteiger partial charge is 0.493 e. The highest BCUT2D eigenvalue weighted by Crippen LogP contribution is 2.45. The van der Waals surface area contributed by atoms with E-state index in [-0.39, 0.29) is 30.0 Å². The number of ether oxygens (including phenoxy) is 5. The third kappa shape index (κ3) is 8.74. The van der Waals surface area contributed by atoms with Gasteiger partial charge in [-0.25, -0.2) is 4.79 Å². The SMILES string of the molecule is C=CCOC[C@H](C)Oc1cc([C@@H](C(=O)N2CCCC[C@H]2C(=O)O[C@H](C)CC=C)C2CCCCC2)cc(OC)c1OC. The fourth-order valence-corrected chi connectivity index (χ4v) is 6.05. The van der Waals surface area contributed by atoms with Gasteiger partial charge in [-0.2, -0.15) is 0 Å². The van der Waals surface area contributed by atoms with Crippen molar-refractivity contribution < 1.29 is 33.3 Å². The van der Waals surface area contributed by atoms with Crippen molar-refractivity contribution in [1.82, 2.24) is 4.90 Å². The van der Waals surface area contributed by atoms with Crippen molar-refractivity contribution in [2.45, 2.75) is 95.8 Å². The summed E-state index contributed by atoms with van der Waals surface area (Å²) in [6.07, 6.45) is 11.0. The highest BCUT2D eigenvalue weighted by atomic mass is 16.6. The van der Waals surface area contributed by atoms with E-state index >= 15 is 0 Å². The first-order chi connectivity index (χ1) is 19.8. The van der Waals surface area contributed by atoms with Crippen LogP contribution < -0.4 is 14.2 Å². The maximum atomic E-state index is 14.5. The first-order valence-corrected chi connectivity index (χ1v) is 15.1. The summed E-state index contributed by atoms with van der Waals surface area (Å²) < 4.78 is 29.0. The predicted octanol–water partition coefficient (Wildman–Crippen LogP) is 6.23. The summed E-state index contributed by atoms with van der Waals surface area (Å²) in [6.45, 7) is 12.5. The number of benzene rings is 1. The van der Waals surface area contributed by atoms with Crippen LogP contribution in [0.25, 0.3) is 0 Å². The molecule has 1 amide bonds. The molecule has 2 fully saturated rings. The Hall–Kier alpha value is -3.00. The highest BCUT2D eigenvalue weighted by Gasteiger charge is 2.41. The number of likely N-dealkylation sites (tertiary alicyclic amines) is 1. The molecule has 0 N–H and O–H groups in total. The Labute approximate surface area is 246 Å². The number of carbonyl (C=O) groups is 2. The Morgan fingerprint density at radius 1 is 0.951 bits per heavy atom. The van der Waals surface area contributed by atoms with E-state index in [0.29, 0.717) is 49.8 Å². The normalized spacial score (nSPS) is 19.9. The van der Waals surface area contributed by atoms with Gasteiger partial charge in [0.25, 0.3) is 0 Å². The number of rotatable bonds is 15. The number of methoxy groups -OCH3 is 2. The molecule has 0 bridgehead atoms. The molecule has 1 aliphatic heterocycles. The number of amides is 1. The zero-order valence-corrected chi connectivity index (χ0v) is 25.4. The molecule has 1 saturated carbocycles. The van der Waals surface area contributed by atoms with Gasteiger partial charge in [-0.1, -0.05) is 31.4 Å². The summed E-state index contributed by atoms with van der Waals surface area (Å²) in [6, 6.07) is 3.21. The second-order valence-corrected chi connectivity index (χ2v) is 11.2. The quantitative estimate of drug-likeness (QED) is 0.140. The van der Waals surface area contributed by atoms with Gasteiger partial charge in [-0.05, 0) is 69.6 Å². The zero-order chi connectivity index (χ0) is 29.8. The zero-order valence-electron chi connectivity index (χ0n) is 25.4. The molecule has 0 aromatic heterocycles. The molecular weight excluding hydrogens is 522 g/mol. The van der Waals surface area contributed by atoms with Crippen LogP contribution >= 0.6 is 0 Å². The minimum atomic E-state index is -0.590. The van der Waals surface area contributed by atoms with Gasteiger partial charge in [-0.3, -0.25) is 4.79 Å². The van der Waals surface area contributed by atoms with E-state index in [4.69, 9.17) is 23.7 Å². The van der Waals surface area contributed by atoms with Gasteiger partial charge in [0.05, 0.1) is 33.4 Å². The minimum Gasteiger partial charge on any atom is -0.493 e. The van der Waals surface area contributed by atoms with Crippen molar-refractivity contribution in [2.75, 3.05) is 34.0 Å². The second-order valence-electron chi connectivity index (χ2n) is 11.2. The van der Waals surface area contributed by atoms with Crippen molar-refractivity contribution in [3.05, 3.63) is 43.0 Å². The first kappa shape index (κ1) is 32.5. The lowest BCUT2D eigenvalue weighted by Crippen LogP contribution is -2.51. The monoisotopic (exact) mass is 571 g/mol. The summed E-state index contributed by atoms with van der Waals surface area (Å²) in [5, 5.41) is 0. The molecule has 1 aromatic rings. The molecule has 1 heterocycles. The average Bonchev–Trinajstić information content (AvgIpc) is 2.97. The lowest BCUT2D eigenvalue weighted by atomic mass is 9.75. The fourth-order valence-electron chi connectivity index (χ4n) is 6.05. The molecule has 2 aliphatic rings. The van der Waals surface area contributed by atoms with Crippen LogP contribution in [0.1, 0.15) is 83.1 Å². The number of esters is 1. The summed E-state index contributed by atoms with van der Waals surface area (Å²) in [4.78, 5) is 29.6. The molecule has 1 aromatic carbocycles. The van der Waals surface area contributed by atoms with Crippen LogP contribution in [0, 0.1) is 5.92 Å². The van der Waals surface area contributed by atoms with Crippen LogP contribution in [0.5, 0.6) is 17.2 Å². The Kier molecular flexibility index (Phi) is 13.0. The van der Waals surface area contributed by atoms with Gasteiger partial charge >= 0.3 is 5.97 Å². The number of carbonyl (C=O) groups excluding carboxylic acids is 2. The Balaban J connectivity index is 1.99. The standard InChI is InChI=1S/C33H49NO7/c1-7-14-23(3)41-33(36)27-17-12-13-18-34(27)32(35)30(25-15-10-9-11-16-25)26-20-28(37-5)31(38-6)29(21-26)40-24(4)22-39-19-8-2/h7-8,20-21,23-25,27,30H,1-2,9-19,22H2,3-6H3/t23-,24+,27+,30+/m1/s1. The van der Waals surface area contributed by atoms with Crippen molar-refractivity contribution in [3.63, 3.8) is 0 Å². The van der Waals surface area contributed by atoms with Crippen LogP contribution in [0.3, 0.4) is 0 Å². The number of hydrogen-bond acceptors (Lipinski definition) is 7. The molecule has 8 nitrogen and oxygen atoms in total. The second kappa shape index (κ2) is 16.4. The van der Waals surface area contributed by atoms with Crippen LogP contribution in [0.2, 0.25) is 0 Å². The van der Waals surface area contributed by atoms with Crippen LogP contribution in [-0.4, -0.2) is 69.0 Å². The molecule has 0 spiro atoms. The van der Waals surface area contributed by atoms with E-state index in [0.717, 1.165) is 44.1 Å². The van der Waals surface area contributed by atoms with E-state index < -0.39 is 12.0 Å². The topological polar surface area (TPSA) is 83.5 Å². The fraction of sp³-hybridized carbons (Fsp3) is 0.636. The molecule has 1 aliphatic carbocycles. The lowest BCUT2D eigenvalue weighted by Gasteiger charge is -2.39. The van der Waals surface area contributed by atoms with Gasteiger partial charge < -0.3 is 28.6 Å². The molecule has 1 saturated heterocycles. The predicted molar refractivity (Wildman–Crippen MR) is 160 cm³/mol. The maximum absolute atomic E-state index is 14.5. The summed E-state index contributed by atoms with van der Waals surface area (Å²) in [7, 11) is 3.16. The molecule has 8 heteroatoms. The smallest absolute Gasteiger partial charge is 0.329 e. The Morgan fingerprint density at radius 2 is 1.66 bits per heavy atom. The summed E-state index contributed by atoms with van der Waals surface area (Å²) in [5.41, 5.74) is 0.812. The first-order valence-electron chi connectivity index (χ1n) is 15.1. The maximum Gasteiger partial charge on any atom is 0.329 e. The molecule has 3 rings (SSSR count). The Bertz CT molecular complexity index is 1020. The van der Waals surface area contributed by atoms with Crippen molar-refractivity contribution in [2.24, 2.45) is 5.92 Å². The molecule has 228 valence electrons. The van der Waals surface area contributed by atoms with Gasteiger partial charge in [0, 0.05) is 13.0 Å². The third-order valence-electron chi connectivity index (χ3n) is 8.00. The summed E-state index contributed by atoms with van der Waals surface area (Å²) >= 11 is 0. The molecular formula is C33H49NO7. The van der Waals surface area contributed by atoms with Gasteiger partial charge in [-0.15, -0.1) is 13.2 Å². The van der Waals surface area contributed by atoms with Crippen molar-refractivity contribution in [1.29, 1.82) is 0 Å².